The minimum atomic E-state index is -3.36. The summed E-state index contributed by atoms with van der Waals surface area (Å²) in [4.78, 5) is 26.4. The zero-order chi connectivity index (χ0) is 25.3. The average Bonchev–Trinajstić information content (AvgIpc) is 2.73. The number of aromatic nitrogens is 2. The van der Waals surface area contributed by atoms with Crippen LogP contribution in [-0.4, -0.2) is 31.3 Å². The fourth-order valence-electron chi connectivity index (χ4n) is 3.39. The number of H-pyrrole nitrogens is 1. The highest BCUT2D eigenvalue weighted by molar-refractivity contribution is 7.92. The zero-order valence-corrected chi connectivity index (χ0v) is 21.0. The predicted molar refractivity (Wildman–Crippen MR) is 137 cm³/mol. The van der Waals surface area contributed by atoms with Crippen LogP contribution in [0.5, 0.6) is 5.75 Å². The Hall–Kier alpha value is -3.30. The fraction of sp³-hybridized carbons (Fsp3) is 0.250. The van der Waals surface area contributed by atoms with E-state index >= 15 is 0 Å². The van der Waals surface area contributed by atoms with Gasteiger partial charge in [-0.1, -0.05) is 56.7 Å². The van der Waals surface area contributed by atoms with E-state index in [0.29, 0.717) is 22.7 Å². The maximum absolute atomic E-state index is 12.5. The SMILES string of the molecule is COc1c(/C=C/c2ccc(NS(C)(=O)=O)cc2)cc(-n2cc(Cl)c(=O)[nH]c2=O)cc1C(C)(C)C. The standard InChI is InChI=1S/C24H26ClN3O5S/c1-24(2,3)19-13-18(28-14-20(25)22(29)26-23(28)30)12-16(21(19)33-4)9-6-15-7-10-17(11-8-15)27-34(5,31)32/h6-14,27H,1-5H3,(H,26,29,30)/b9-6+. The molecule has 0 spiro atoms. The van der Waals surface area contributed by atoms with E-state index in [1.165, 1.54) is 10.8 Å². The molecule has 3 rings (SSSR count). The Morgan fingerprint density at radius 1 is 1.09 bits per heavy atom. The molecule has 0 radical (unpaired) electrons. The molecule has 34 heavy (non-hydrogen) atoms. The summed E-state index contributed by atoms with van der Waals surface area (Å²) in [5.41, 5.74) is 1.78. The van der Waals surface area contributed by atoms with Gasteiger partial charge in [0.05, 0.1) is 19.1 Å². The van der Waals surface area contributed by atoms with Gasteiger partial charge in [-0.05, 0) is 35.2 Å². The summed E-state index contributed by atoms with van der Waals surface area (Å²) < 4.78 is 32.2. The molecule has 0 saturated carbocycles. The van der Waals surface area contributed by atoms with Gasteiger partial charge in [0, 0.05) is 23.0 Å². The zero-order valence-electron chi connectivity index (χ0n) is 19.5. The number of hydrogen-bond donors (Lipinski definition) is 2. The molecule has 8 nitrogen and oxygen atoms in total. The lowest BCUT2D eigenvalue weighted by Gasteiger charge is -2.25. The first-order valence-corrected chi connectivity index (χ1v) is 12.6. The Bertz CT molecular complexity index is 1460. The van der Waals surface area contributed by atoms with Crippen molar-refractivity contribution in [1.82, 2.24) is 9.55 Å². The van der Waals surface area contributed by atoms with Crippen LogP contribution in [0.25, 0.3) is 17.8 Å². The molecule has 2 N–H and O–H groups in total. The summed E-state index contributed by atoms with van der Waals surface area (Å²) in [6.45, 7) is 6.08. The van der Waals surface area contributed by atoms with Crippen LogP contribution >= 0.6 is 11.6 Å². The number of anilines is 1. The van der Waals surface area contributed by atoms with Gasteiger partial charge in [-0.3, -0.25) is 19.1 Å². The van der Waals surface area contributed by atoms with Crippen molar-refractivity contribution in [2.45, 2.75) is 26.2 Å². The molecule has 0 saturated heterocycles. The first-order chi connectivity index (χ1) is 15.8. The molecule has 2 aromatic carbocycles. The molecule has 10 heteroatoms. The van der Waals surface area contributed by atoms with Gasteiger partial charge in [0.2, 0.25) is 10.0 Å². The highest BCUT2D eigenvalue weighted by Gasteiger charge is 2.22. The van der Waals surface area contributed by atoms with E-state index in [1.54, 1.807) is 37.4 Å². The van der Waals surface area contributed by atoms with Crippen LogP contribution in [-0.2, 0) is 15.4 Å². The lowest BCUT2D eigenvalue weighted by Crippen LogP contribution is -2.29. The molecule has 0 amide bonds. The van der Waals surface area contributed by atoms with Gasteiger partial charge in [0.1, 0.15) is 10.8 Å². The van der Waals surface area contributed by atoms with Crippen molar-refractivity contribution < 1.29 is 13.2 Å². The summed E-state index contributed by atoms with van der Waals surface area (Å²) in [6.07, 6.45) is 6.07. The number of hydrogen-bond acceptors (Lipinski definition) is 5. The summed E-state index contributed by atoms with van der Waals surface area (Å²) in [7, 11) is -1.78. The molecule has 0 aliphatic carbocycles. The van der Waals surface area contributed by atoms with E-state index in [0.717, 1.165) is 17.4 Å². The molecule has 180 valence electrons. The summed E-state index contributed by atoms with van der Waals surface area (Å²) in [6, 6.07) is 10.5. The Morgan fingerprint density at radius 3 is 2.29 bits per heavy atom. The minimum absolute atomic E-state index is 0.104. The Labute approximate surface area is 202 Å². The van der Waals surface area contributed by atoms with Crippen LogP contribution in [0.3, 0.4) is 0 Å². The minimum Gasteiger partial charge on any atom is -0.496 e. The number of methoxy groups -OCH3 is 1. The van der Waals surface area contributed by atoms with Gasteiger partial charge in [-0.15, -0.1) is 0 Å². The van der Waals surface area contributed by atoms with Gasteiger partial charge in [0.25, 0.3) is 5.56 Å². The first kappa shape index (κ1) is 25.3. The second-order valence-electron chi connectivity index (χ2n) is 8.80. The van der Waals surface area contributed by atoms with Crippen LogP contribution in [0, 0.1) is 0 Å². The Morgan fingerprint density at radius 2 is 1.74 bits per heavy atom. The number of ether oxygens (including phenoxy) is 1. The van der Waals surface area contributed by atoms with Crippen LogP contribution in [0.2, 0.25) is 5.02 Å². The van der Waals surface area contributed by atoms with Crippen molar-refractivity contribution >= 4 is 39.5 Å². The van der Waals surface area contributed by atoms with Gasteiger partial charge in [-0.2, -0.15) is 0 Å². The Balaban J connectivity index is 2.13. The molecule has 0 atom stereocenters. The number of sulfonamides is 1. The third-order valence-corrected chi connectivity index (χ3v) is 5.84. The van der Waals surface area contributed by atoms with E-state index in [1.807, 2.05) is 39.0 Å². The predicted octanol–water partition coefficient (Wildman–Crippen LogP) is 4.03. The topological polar surface area (TPSA) is 110 Å². The van der Waals surface area contributed by atoms with Crippen molar-refractivity contribution in [2.24, 2.45) is 0 Å². The van der Waals surface area contributed by atoms with E-state index in [-0.39, 0.29) is 10.4 Å². The number of nitrogens with zero attached hydrogens (tertiary/aromatic N) is 1. The monoisotopic (exact) mass is 503 g/mol. The van der Waals surface area contributed by atoms with Crippen molar-refractivity contribution in [3.8, 4) is 11.4 Å². The third-order valence-electron chi connectivity index (χ3n) is 4.96. The molecule has 0 aliphatic rings. The van der Waals surface area contributed by atoms with Crippen molar-refractivity contribution in [3.05, 3.63) is 85.1 Å². The second kappa shape index (κ2) is 9.52. The van der Waals surface area contributed by atoms with Gasteiger partial charge >= 0.3 is 5.69 Å². The Kier molecular flexibility index (Phi) is 7.09. The number of rotatable bonds is 6. The van der Waals surface area contributed by atoms with Gasteiger partial charge in [0.15, 0.2) is 0 Å². The first-order valence-electron chi connectivity index (χ1n) is 10.3. The van der Waals surface area contributed by atoms with Crippen molar-refractivity contribution in [1.29, 1.82) is 0 Å². The molecule has 0 aliphatic heterocycles. The van der Waals surface area contributed by atoms with Crippen molar-refractivity contribution in [3.63, 3.8) is 0 Å². The molecule has 0 unspecified atom stereocenters. The molecular weight excluding hydrogens is 478 g/mol. The van der Waals surface area contributed by atoms with E-state index in [2.05, 4.69) is 9.71 Å². The number of nitrogens with one attached hydrogen (secondary N) is 2. The molecule has 1 heterocycles. The highest BCUT2D eigenvalue weighted by Crippen LogP contribution is 2.37. The number of benzene rings is 2. The van der Waals surface area contributed by atoms with Crippen LogP contribution in [0.15, 0.2) is 52.2 Å². The summed E-state index contributed by atoms with van der Waals surface area (Å²) >= 11 is 5.97. The summed E-state index contributed by atoms with van der Waals surface area (Å²) in [5.74, 6) is 0.645. The largest absolute Gasteiger partial charge is 0.496 e. The van der Waals surface area contributed by atoms with E-state index in [4.69, 9.17) is 16.3 Å². The lowest BCUT2D eigenvalue weighted by atomic mass is 9.84. The fourth-order valence-corrected chi connectivity index (χ4v) is 4.09. The average molecular weight is 504 g/mol. The third kappa shape index (κ3) is 5.98. The lowest BCUT2D eigenvalue weighted by molar-refractivity contribution is 0.396. The van der Waals surface area contributed by atoms with Gasteiger partial charge in [-0.25, -0.2) is 13.2 Å². The normalized spacial score (nSPS) is 12.2. The van der Waals surface area contributed by atoms with Crippen LogP contribution < -0.4 is 20.7 Å². The highest BCUT2D eigenvalue weighted by atomic mass is 35.5. The molecular formula is C24H26ClN3O5S. The number of halogens is 1. The van der Waals surface area contributed by atoms with E-state index < -0.39 is 21.3 Å². The molecule has 3 aromatic rings. The summed E-state index contributed by atoms with van der Waals surface area (Å²) in [5, 5.41) is -0.104. The maximum atomic E-state index is 12.5. The van der Waals surface area contributed by atoms with Crippen molar-refractivity contribution in [2.75, 3.05) is 18.1 Å². The van der Waals surface area contributed by atoms with Crippen LogP contribution in [0.4, 0.5) is 5.69 Å². The van der Waals surface area contributed by atoms with Crippen LogP contribution in [0.1, 0.15) is 37.5 Å². The van der Waals surface area contributed by atoms with E-state index in [9.17, 15) is 18.0 Å². The maximum Gasteiger partial charge on any atom is 0.332 e. The molecule has 0 bridgehead atoms. The number of aromatic amines is 1. The second-order valence-corrected chi connectivity index (χ2v) is 11.0. The quantitative estimate of drug-likeness (QED) is 0.493. The smallest absolute Gasteiger partial charge is 0.332 e. The van der Waals surface area contributed by atoms with Gasteiger partial charge < -0.3 is 4.74 Å². The molecule has 0 fully saturated rings. The molecule has 1 aromatic heterocycles.